The number of carboxylic acids is 1. The van der Waals surface area contributed by atoms with Gasteiger partial charge in [0.1, 0.15) is 6.54 Å². The number of amides is 2. The summed E-state index contributed by atoms with van der Waals surface area (Å²) in [6, 6.07) is -0.142. The fourth-order valence-corrected chi connectivity index (χ4v) is 1.71. The Kier molecular flexibility index (Phi) is 4.54. The zero-order valence-corrected chi connectivity index (χ0v) is 9.77. The van der Waals surface area contributed by atoms with E-state index in [4.69, 9.17) is 5.11 Å². The van der Waals surface area contributed by atoms with Crippen molar-refractivity contribution >= 4 is 12.0 Å². The van der Waals surface area contributed by atoms with Gasteiger partial charge in [-0.1, -0.05) is 0 Å². The van der Waals surface area contributed by atoms with Gasteiger partial charge >= 0.3 is 12.0 Å². The molecule has 0 bridgehead atoms. The minimum Gasteiger partial charge on any atom is -0.480 e. The number of hydrogen-bond acceptors (Lipinski definition) is 3. The monoisotopic (exact) mass is 229 g/mol. The molecule has 2 N–H and O–H groups in total. The molecule has 0 aliphatic carbocycles. The van der Waals surface area contributed by atoms with Gasteiger partial charge < -0.3 is 20.2 Å². The number of rotatable bonds is 3. The van der Waals surface area contributed by atoms with Crippen molar-refractivity contribution in [3.05, 3.63) is 0 Å². The van der Waals surface area contributed by atoms with E-state index in [0.29, 0.717) is 0 Å². The molecule has 0 atom stereocenters. The van der Waals surface area contributed by atoms with Crippen LogP contribution in [0.25, 0.3) is 0 Å². The number of aliphatic carboxylic acids is 1. The van der Waals surface area contributed by atoms with E-state index in [0.717, 1.165) is 25.9 Å². The largest absolute Gasteiger partial charge is 0.480 e. The van der Waals surface area contributed by atoms with Gasteiger partial charge in [-0.25, -0.2) is 4.79 Å². The van der Waals surface area contributed by atoms with Crippen LogP contribution in [0.2, 0.25) is 0 Å². The van der Waals surface area contributed by atoms with Crippen molar-refractivity contribution in [2.45, 2.75) is 18.9 Å². The van der Waals surface area contributed by atoms with Gasteiger partial charge in [-0.15, -0.1) is 0 Å². The second-order valence-electron chi connectivity index (χ2n) is 4.28. The molecule has 1 aliphatic heterocycles. The molecule has 92 valence electrons. The molecule has 6 nitrogen and oxygen atoms in total. The zero-order valence-electron chi connectivity index (χ0n) is 9.77. The summed E-state index contributed by atoms with van der Waals surface area (Å²) < 4.78 is 0. The summed E-state index contributed by atoms with van der Waals surface area (Å²) in [5.41, 5.74) is 0. The van der Waals surface area contributed by atoms with Gasteiger partial charge in [0.25, 0.3) is 0 Å². The molecule has 0 aromatic carbocycles. The van der Waals surface area contributed by atoms with Crippen LogP contribution in [0.1, 0.15) is 12.8 Å². The van der Waals surface area contributed by atoms with Crippen LogP contribution in [0.15, 0.2) is 0 Å². The average molecular weight is 229 g/mol. The van der Waals surface area contributed by atoms with Crippen LogP contribution in [0.4, 0.5) is 4.79 Å². The molecule has 1 aliphatic rings. The number of hydrogen-bond donors (Lipinski definition) is 2. The van der Waals surface area contributed by atoms with Crippen molar-refractivity contribution in [2.75, 3.05) is 33.7 Å². The van der Waals surface area contributed by atoms with Crippen LogP contribution in [-0.2, 0) is 4.79 Å². The predicted octanol–water partition coefficient (Wildman–Crippen LogP) is -0.193. The molecular weight excluding hydrogens is 210 g/mol. The first-order chi connectivity index (χ1) is 7.49. The zero-order chi connectivity index (χ0) is 12.1. The van der Waals surface area contributed by atoms with Gasteiger partial charge in [0, 0.05) is 13.1 Å². The summed E-state index contributed by atoms with van der Waals surface area (Å²) >= 11 is 0. The molecule has 1 rings (SSSR count). The lowest BCUT2D eigenvalue weighted by Crippen LogP contribution is -2.48. The smallest absolute Gasteiger partial charge is 0.323 e. The number of likely N-dealkylation sites (N-methyl/N-ethyl adjacent to an activating group) is 1. The lowest BCUT2D eigenvalue weighted by molar-refractivity contribution is -0.137. The van der Waals surface area contributed by atoms with E-state index in [2.05, 4.69) is 17.3 Å². The molecule has 0 radical (unpaired) electrons. The first-order valence-corrected chi connectivity index (χ1v) is 5.41. The van der Waals surface area contributed by atoms with Crippen molar-refractivity contribution < 1.29 is 14.7 Å². The Morgan fingerprint density at radius 3 is 2.50 bits per heavy atom. The Hall–Kier alpha value is -1.30. The van der Waals surface area contributed by atoms with E-state index >= 15 is 0 Å². The van der Waals surface area contributed by atoms with Crippen molar-refractivity contribution in [1.82, 2.24) is 15.1 Å². The molecule has 1 heterocycles. The van der Waals surface area contributed by atoms with E-state index in [-0.39, 0.29) is 18.6 Å². The summed E-state index contributed by atoms with van der Waals surface area (Å²) in [6.07, 6.45) is 1.84. The fourth-order valence-electron chi connectivity index (χ4n) is 1.71. The maximum atomic E-state index is 11.6. The van der Waals surface area contributed by atoms with Crippen LogP contribution in [0.5, 0.6) is 0 Å². The van der Waals surface area contributed by atoms with Gasteiger partial charge in [0.15, 0.2) is 0 Å². The van der Waals surface area contributed by atoms with Crippen molar-refractivity contribution in [3.8, 4) is 0 Å². The van der Waals surface area contributed by atoms with E-state index in [9.17, 15) is 9.59 Å². The number of likely N-dealkylation sites (tertiary alicyclic amines) is 1. The van der Waals surface area contributed by atoms with Crippen LogP contribution in [-0.4, -0.2) is 66.7 Å². The molecule has 0 saturated carbocycles. The number of urea groups is 1. The number of piperidine rings is 1. The first-order valence-electron chi connectivity index (χ1n) is 5.41. The number of nitrogens with one attached hydrogen (secondary N) is 1. The summed E-state index contributed by atoms with van der Waals surface area (Å²) in [5, 5.41) is 11.4. The highest BCUT2D eigenvalue weighted by Gasteiger charge is 2.20. The minimum absolute atomic E-state index is 0.167. The molecule has 1 saturated heterocycles. The second-order valence-corrected chi connectivity index (χ2v) is 4.28. The lowest BCUT2D eigenvalue weighted by Gasteiger charge is -2.30. The highest BCUT2D eigenvalue weighted by atomic mass is 16.4. The van der Waals surface area contributed by atoms with E-state index in [1.54, 1.807) is 0 Å². The molecule has 16 heavy (non-hydrogen) atoms. The van der Waals surface area contributed by atoms with Gasteiger partial charge in [-0.05, 0) is 33.0 Å². The van der Waals surface area contributed by atoms with Crippen LogP contribution in [0.3, 0.4) is 0 Å². The standard InChI is InChI=1S/C10H19N3O3/c1-12-5-3-8(4-6-12)11-10(16)13(2)7-9(14)15/h8H,3-7H2,1-2H3,(H,11,16)(H,14,15). The normalized spacial score (nSPS) is 18.1. The summed E-state index contributed by atoms with van der Waals surface area (Å²) in [7, 11) is 3.53. The quantitative estimate of drug-likeness (QED) is 0.703. The Morgan fingerprint density at radius 2 is 2.00 bits per heavy atom. The summed E-state index contributed by atoms with van der Waals surface area (Å²) in [5.74, 6) is -0.999. The van der Waals surface area contributed by atoms with Gasteiger partial charge in [-0.2, -0.15) is 0 Å². The molecule has 0 unspecified atom stereocenters. The van der Waals surface area contributed by atoms with Gasteiger partial charge in [-0.3, -0.25) is 4.79 Å². The molecule has 6 heteroatoms. The highest BCUT2D eigenvalue weighted by molar-refractivity contribution is 5.79. The van der Waals surface area contributed by atoms with E-state index < -0.39 is 5.97 Å². The maximum Gasteiger partial charge on any atom is 0.323 e. The Balaban J connectivity index is 2.31. The molecule has 0 aromatic rings. The Bertz CT molecular complexity index is 262. The van der Waals surface area contributed by atoms with Crippen LogP contribution in [0, 0.1) is 0 Å². The van der Waals surface area contributed by atoms with E-state index in [1.807, 2.05) is 0 Å². The third-order valence-corrected chi connectivity index (χ3v) is 2.77. The minimum atomic E-state index is -0.999. The second kappa shape index (κ2) is 5.69. The molecule has 2 amide bonds. The summed E-state index contributed by atoms with van der Waals surface area (Å²) in [6.45, 7) is 1.67. The SMILES string of the molecule is CN1CCC(NC(=O)N(C)CC(=O)O)CC1. The fraction of sp³-hybridized carbons (Fsp3) is 0.800. The first kappa shape index (κ1) is 12.8. The Labute approximate surface area is 95.2 Å². The Morgan fingerprint density at radius 1 is 1.44 bits per heavy atom. The number of carboxylic acid groups (broad SMARTS) is 1. The van der Waals surface area contributed by atoms with Crippen molar-refractivity contribution in [1.29, 1.82) is 0 Å². The van der Waals surface area contributed by atoms with Crippen molar-refractivity contribution in [3.63, 3.8) is 0 Å². The third kappa shape index (κ3) is 4.06. The molecule has 0 aromatic heterocycles. The molecular formula is C10H19N3O3. The number of carbonyl (C=O) groups is 2. The third-order valence-electron chi connectivity index (χ3n) is 2.77. The molecule has 1 fully saturated rings. The van der Waals surface area contributed by atoms with Crippen LogP contribution >= 0.6 is 0 Å². The maximum absolute atomic E-state index is 11.6. The van der Waals surface area contributed by atoms with Crippen molar-refractivity contribution in [2.24, 2.45) is 0 Å². The van der Waals surface area contributed by atoms with Gasteiger partial charge in [0.05, 0.1) is 0 Å². The van der Waals surface area contributed by atoms with Gasteiger partial charge in [0.2, 0.25) is 0 Å². The van der Waals surface area contributed by atoms with Crippen LogP contribution < -0.4 is 5.32 Å². The number of carbonyl (C=O) groups excluding carboxylic acids is 1. The molecule has 0 spiro atoms. The average Bonchev–Trinajstić information content (AvgIpc) is 2.20. The van der Waals surface area contributed by atoms with E-state index in [1.165, 1.54) is 11.9 Å². The lowest BCUT2D eigenvalue weighted by atomic mass is 10.1. The highest BCUT2D eigenvalue weighted by Crippen LogP contribution is 2.08. The topological polar surface area (TPSA) is 72.9 Å². The number of nitrogens with zero attached hydrogens (tertiary/aromatic N) is 2. The predicted molar refractivity (Wildman–Crippen MR) is 59.3 cm³/mol. The summed E-state index contributed by atoms with van der Waals surface area (Å²) in [4.78, 5) is 25.4.